The number of nitrogens with zero attached hydrogens (tertiary/aromatic N) is 3. The monoisotopic (exact) mass is 429 g/mol. The van der Waals surface area contributed by atoms with Crippen LogP contribution in [-0.2, 0) is 14.3 Å². The van der Waals surface area contributed by atoms with Crippen molar-refractivity contribution in [2.45, 2.75) is 12.8 Å². The third-order valence-corrected chi connectivity index (χ3v) is 6.36. The molecule has 8 heteroatoms. The molecule has 2 saturated heterocycles. The van der Waals surface area contributed by atoms with Crippen LogP contribution >= 0.6 is 0 Å². The number of hydrogen-bond donors (Lipinski definition) is 1. The lowest BCUT2D eigenvalue weighted by Gasteiger charge is -2.34. The Morgan fingerprint density at radius 3 is 2.48 bits per heavy atom. The largest absolute Gasteiger partial charge is 0.497 e. The van der Waals surface area contributed by atoms with Crippen LogP contribution in [-0.4, -0.2) is 97.8 Å². The van der Waals surface area contributed by atoms with Crippen molar-refractivity contribution in [3.8, 4) is 5.75 Å². The highest BCUT2D eigenvalue weighted by atomic mass is 16.5. The Morgan fingerprint density at radius 1 is 1.06 bits per heavy atom. The van der Waals surface area contributed by atoms with E-state index in [4.69, 9.17) is 9.47 Å². The standard InChI is InChI=1S/C23H31N3O5/c1-30-19-6-4-18(5-7-19)20-21(25-8-2-3-17(15-25)16-27)23(29)26(22(20)28)10-9-24-11-13-31-14-12-24/h4-7,17,27H,2-3,8-16H2,1H3. The minimum atomic E-state index is -0.246. The number of morpholine rings is 1. The van der Waals surface area contributed by atoms with Crippen LogP contribution in [0.15, 0.2) is 30.0 Å². The number of rotatable bonds is 7. The number of benzene rings is 1. The van der Waals surface area contributed by atoms with E-state index in [9.17, 15) is 14.7 Å². The summed E-state index contributed by atoms with van der Waals surface area (Å²) in [6.07, 6.45) is 1.82. The molecule has 1 unspecified atom stereocenters. The molecule has 8 nitrogen and oxygen atoms in total. The Bertz CT molecular complexity index is 832. The van der Waals surface area contributed by atoms with Gasteiger partial charge in [0, 0.05) is 45.9 Å². The molecule has 0 aromatic heterocycles. The second kappa shape index (κ2) is 9.80. The highest BCUT2D eigenvalue weighted by molar-refractivity contribution is 6.35. The first-order valence-corrected chi connectivity index (χ1v) is 11.0. The Morgan fingerprint density at radius 2 is 1.81 bits per heavy atom. The second-order valence-electron chi connectivity index (χ2n) is 8.30. The summed E-state index contributed by atoms with van der Waals surface area (Å²) in [5.41, 5.74) is 1.64. The Labute approximate surface area is 183 Å². The first-order chi connectivity index (χ1) is 15.1. The fourth-order valence-electron chi connectivity index (χ4n) is 4.56. The lowest BCUT2D eigenvalue weighted by Crippen LogP contribution is -2.45. The first-order valence-electron chi connectivity index (χ1n) is 11.0. The summed E-state index contributed by atoms with van der Waals surface area (Å²) < 4.78 is 10.6. The van der Waals surface area contributed by atoms with Gasteiger partial charge >= 0.3 is 0 Å². The van der Waals surface area contributed by atoms with Crippen LogP contribution in [0.25, 0.3) is 5.57 Å². The Kier molecular flexibility index (Phi) is 6.89. The van der Waals surface area contributed by atoms with Crippen molar-refractivity contribution >= 4 is 17.4 Å². The molecular formula is C23H31N3O5. The number of aliphatic hydroxyl groups excluding tert-OH is 1. The van der Waals surface area contributed by atoms with E-state index in [0.717, 1.165) is 25.9 Å². The molecule has 0 bridgehead atoms. The second-order valence-corrected chi connectivity index (χ2v) is 8.30. The first kappa shape index (κ1) is 21.8. The van der Waals surface area contributed by atoms with E-state index in [0.29, 0.717) is 62.0 Å². The van der Waals surface area contributed by atoms with E-state index >= 15 is 0 Å². The Balaban J connectivity index is 1.61. The molecule has 0 radical (unpaired) electrons. The maximum atomic E-state index is 13.5. The summed E-state index contributed by atoms with van der Waals surface area (Å²) in [7, 11) is 1.60. The van der Waals surface area contributed by atoms with Crippen LogP contribution in [0.1, 0.15) is 18.4 Å². The van der Waals surface area contributed by atoms with Crippen molar-refractivity contribution in [1.29, 1.82) is 0 Å². The van der Waals surface area contributed by atoms with E-state index in [1.165, 1.54) is 4.90 Å². The molecule has 3 aliphatic rings. The molecule has 0 aliphatic carbocycles. The van der Waals surface area contributed by atoms with Gasteiger partial charge in [-0.2, -0.15) is 0 Å². The van der Waals surface area contributed by atoms with Crippen LogP contribution in [0.5, 0.6) is 5.75 Å². The van der Waals surface area contributed by atoms with Gasteiger partial charge in [0.05, 0.1) is 25.9 Å². The summed E-state index contributed by atoms with van der Waals surface area (Å²) in [4.78, 5) is 32.5. The number of methoxy groups -OCH3 is 1. The fraction of sp³-hybridized carbons (Fsp3) is 0.565. The van der Waals surface area contributed by atoms with Crippen LogP contribution in [0, 0.1) is 5.92 Å². The van der Waals surface area contributed by atoms with Crippen molar-refractivity contribution in [3.63, 3.8) is 0 Å². The van der Waals surface area contributed by atoms with Crippen molar-refractivity contribution in [3.05, 3.63) is 35.5 Å². The molecule has 4 rings (SSSR count). The smallest absolute Gasteiger partial charge is 0.277 e. The van der Waals surface area contributed by atoms with Crippen molar-refractivity contribution < 1.29 is 24.2 Å². The van der Waals surface area contributed by atoms with E-state index in [2.05, 4.69) is 4.90 Å². The van der Waals surface area contributed by atoms with Crippen molar-refractivity contribution in [2.75, 3.05) is 66.2 Å². The van der Waals surface area contributed by atoms with Crippen molar-refractivity contribution in [1.82, 2.24) is 14.7 Å². The number of hydrogen-bond acceptors (Lipinski definition) is 7. The summed E-state index contributed by atoms with van der Waals surface area (Å²) in [5, 5.41) is 9.66. The number of likely N-dealkylation sites (tertiary alicyclic amines) is 1. The highest BCUT2D eigenvalue weighted by Crippen LogP contribution is 2.34. The number of carbonyl (C=O) groups excluding carboxylic acids is 2. The molecule has 0 spiro atoms. The third kappa shape index (κ3) is 4.61. The summed E-state index contributed by atoms with van der Waals surface area (Å²) in [6.45, 7) is 5.37. The lowest BCUT2D eigenvalue weighted by atomic mass is 9.97. The van der Waals surface area contributed by atoms with Gasteiger partial charge in [0.2, 0.25) is 0 Å². The molecule has 2 fully saturated rings. The van der Waals surface area contributed by atoms with Gasteiger partial charge in [-0.3, -0.25) is 19.4 Å². The molecule has 1 atom stereocenters. The molecule has 0 saturated carbocycles. The van der Waals surface area contributed by atoms with E-state index in [-0.39, 0.29) is 24.3 Å². The highest BCUT2D eigenvalue weighted by Gasteiger charge is 2.42. The average Bonchev–Trinajstić information content (AvgIpc) is 3.07. The molecule has 168 valence electrons. The van der Waals surface area contributed by atoms with Gasteiger partial charge in [-0.05, 0) is 36.5 Å². The van der Waals surface area contributed by atoms with Crippen LogP contribution in [0.2, 0.25) is 0 Å². The van der Waals surface area contributed by atoms with E-state index in [1.54, 1.807) is 19.2 Å². The molecule has 31 heavy (non-hydrogen) atoms. The molecule has 1 aromatic rings. The maximum absolute atomic E-state index is 13.5. The zero-order valence-corrected chi connectivity index (χ0v) is 18.1. The zero-order chi connectivity index (χ0) is 21.8. The van der Waals surface area contributed by atoms with Crippen molar-refractivity contribution in [2.24, 2.45) is 5.92 Å². The molecule has 3 heterocycles. The van der Waals surface area contributed by atoms with Gasteiger partial charge in [-0.25, -0.2) is 0 Å². The van der Waals surface area contributed by atoms with E-state index < -0.39 is 0 Å². The predicted octanol–water partition coefficient (Wildman–Crippen LogP) is 0.812. The topological polar surface area (TPSA) is 82.6 Å². The van der Waals surface area contributed by atoms with E-state index in [1.807, 2.05) is 17.0 Å². The quantitative estimate of drug-likeness (QED) is 0.643. The molecule has 3 aliphatic heterocycles. The van der Waals surface area contributed by atoms with Crippen LogP contribution < -0.4 is 4.74 Å². The zero-order valence-electron chi connectivity index (χ0n) is 18.1. The number of ether oxygens (including phenoxy) is 2. The Hall–Kier alpha value is -2.42. The summed E-state index contributed by atoms with van der Waals surface area (Å²) >= 11 is 0. The summed E-state index contributed by atoms with van der Waals surface area (Å²) in [5.74, 6) is 0.334. The minimum Gasteiger partial charge on any atom is -0.497 e. The van der Waals surface area contributed by atoms with Gasteiger partial charge in [0.25, 0.3) is 11.8 Å². The van der Waals surface area contributed by atoms with Gasteiger partial charge in [-0.15, -0.1) is 0 Å². The molecule has 1 aromatic carbocycles. The minimum absolute atomic E-state index is 0.0878. The van der Waals surface area contributed by atoms with Crippen LogP contribution in [0.3, 0.4) is 0 Å². The van der Waals surface area contributed by atoms with Gasteiger partial charge < -0.3 is 19.5 Å². The number of piperidine rings is 1. The van der Waals surface area contributed by atoms with Crippen LogP contribution in [0.4, 0.5) is 0 Å². The SMILES string of the molecule is COc1ccc(C2=C(N3CCCC(CO)C3)C(=O)N(CCN3CCOCC3)C2=O)cc1. The van der Waals surface area contributed by atoms with Gasteiger partial charge in [-0.1, -0.05) is 12.1 Å². The normalized spacial score (nSPS) is 23.1. The molecule has 2 amide bonds. The number of aliphatic hydroxyl groups is 1. The fourth-order valence-corrected chi connectivity index (χ4v) is 4.56. The molecule has 1 N–H and O–H groups in total. The molecular weight excluding hydrogens is 398 g/mol. The summed E-state index contributed by atoms with van der Waals surface area (Å²) in [6, 6.07) is 7.28. The average molecular weight is 430 g/mol. The number of amides is 2. The maximum Gasteiger partial charge on any atom is 0.277 e. The third-order valence-electron chi connectivity index (χ3n) is 6.36. The van der Waals surface area contributed by atoms with Gasteiger partial charge in [0.15, 0.2) is 0 Å². The predicted molar refractivity (Wildman–Crippen MR) is 115 cm³/mol. The number of imide groups is 1. The van der Waals surface area contributed by atoms with Gasteiger partial charge in [0.1, 0.15) is 11.4 Å². The lowest BCUT2D eigenvalue weighted by molar-refractivity contribution is -0.138. The number of carbonyl (C=O) groups is 2.